The van der Waals surface area contributed by atoms with Gasteiger partial charge in [0.25, 0.3) is 0 Å². The Bertz CT molecular complexity index is 256. The molecule has 3 N–H and O–H groups in total. The Morgan fingerprint density at radius 1 is 1.60 bits per heavy atom. The van der Waals surface area contributed by atoms with Crippen molar-refractivity contribution in [3.05, 3.63) is 0 Å². The predicted molar refractivity (Wildman–Crippen MR) is 59.2 cm³/mol. The first-order chi connectivity index (χ1) is 7.09. The minimum atomic E-state index is -0.183. The van der Waals surface area contributed by atoms with Crippen molar-refractivity contribution in [3.63, 3.8) is 0 Å². The van der Waals surface area contributed by atoms with Crippen LogP contribution in [-0.4, -0.2) is 43.0 Å². The van der Waals surface area contributed by atoms with Crippen molar-refractivity contribution in [3.8, 4) is 0 Å². The third-order valence-electron chi connectivity index (χ3n) is 4.05. The fourth-order valence-electron chi connectivity index (χ4n) is 2.94. The van der Waals surface area contributed by atoms with E-state index in [0.29, 0.717) is 6.04 Å². The molecule has 0 aromatic heterocycles. The van der Waals surface area contributed by atoms with Crippen molar-refractivity contribution in [2.24, 2.45) is 23.5 Å². The van der Waals surface area contributed by atoms with Gasteiger partial charge >= 0.3 is 0 Å². The Hall–Kier alpha value is -0.610. The van der Waals surface area contributed by atoms with Crippen molar-refractivity contribution in [2.45, 2.75) is 19.9 Å². The molecule has 2 rings (SSSR count). The molecule has 0 aliphatic carbocycles. The number of rotatable bonds is 3. The smallest absolute Gasteiger partial charge is 0.221 e. The number of carbonyl (C=O) groups excluding carboxylic acids is 1. The Balaban J connectivity index is 1.92. The van der Waals surface area contributed by atoms with Gasteiger partial charge in [0, 0.05) is 25.0 Å². The van der Waals surface area contributed by atoms with Crippen LogP contribution in [0.25, 0.3) is 0 Å². The minimum Gasteiger partial charge on any atom is -0.369 e. The van der Waals surface area contributed by atoms with E-state index in [4.69, 9.17) is 5.73 Å². The van der Waals surface area contributed by atoms with Gasteiger partial charge in [-0.15, -0.1) is 0 Å². The van der Waals surface area contributed by atoms with Crippen molar-refractivity contribution >= 4 is 5.91 Å². The second kappa shape index (κ2) is 4.10. The number of hydrogen-bond acceptors (Lipinski definition) is 3. The van der Waals surface area contributed by atoms with E-state index in [1.54, 1.807) is 0 Å². The molecule has 4 heteroatoms. The van der Waals surface area contributed by atoms with Gasteiger partial charge in [-0.2, -0.15) is 0 Å². The third-order valence-corrected chi connectivity index (χ3v) is 4.05. The van der Waals surface area contributed by atoms with Crippen LogP contribution in [0, 0.1) is 17.8 Å². The fraction of sp³-hybridized carbons (Fsp3) is 0.909. The van der Waals surface area contributed by atoms with E-state index in [2.05, 4.69) is 17.1 Å². The molecule has 0 aromatic rings. The largest absolute Gasteiger partial charge is 0.369 e. The quantitative estimate of drug-likeness (QED) is 0.671. The lowest BCUT2D eigenvalue weighted by atomic mass is 9.95. The molecule has 4 atom stereocenters. The summed E-state index contributed by atoms with van der Waals surface area (Å²) in [5, 5.41) is 3.43. The van der Waals surface area contributed by atoms with Gasteiger partial charge in [-0.1, -0.05) is 6.92 Å². The number of fused-ring (bicyclic) bond motifs is 1. The van der Waals surface area contributed by atoms with Crippen LogP contribution in [-0.2, 0) is 4.79 Å². The minimum absolute atomic E-state index is 0.0285. The molecule has 0 bridgehead atoms. The molecule has 15 heavy (non-hydrogen) atoms. The van der Waals surface area contributed by atoms with Gasteiger partial charge in [0.05, 0.1) is 0 Å². The van der Waals surface area contributed by atoms with E-state index in [9.17, 15) is 4.79 Å². The molecule has 0 spiro atoms. The number of amides is 1. The highest BCUT2D eigenvalue weighted by atomic mass is 16.1. The maximum absolute atomic E-state index is 11.0. The summed E-state index contributed by atoms with van der Waals surface area (Å²) in [5.74, 6) is 1.33. The number of nitrogens with one attached hydrogen (secondary N) is 1. The molecule has 4 nitrogen and oxygen atoms in total. The lowest BCUT2D eigenvalue weighted by Gasteiger charge is -2.26. The number of primary amides is 1. The molecule has 2 aliphatic rings. The molecular weight excluding hydrogens is 190 g/mol. The summed E-state index contributed by atoms with van der Waals surface area (Å²) in [5.41, 5.74) is 5.30. The fourth-order valence-corrected chi connectivity index (χ4v) is 2.94. The normalized spacial score (nSPS) is 37.9. The predicted octanol–water partition coefficient (Wildman–Crippen LogP) is -0.352. The molecule has 0 saturated carbocycles. The first-order valence-electron chi connectivity index (χ1n) is 5.83. The molecule has 0 aromatic carbocycles. The summed E-state index contributed by atoms with van der Waals surface area (Å²) >= 11 is 0. The summed E-state index contributed by atoms with van der Waals surface area (Å²) in [7, 11) is 0. The first-order valence-corrected chi connectivity index (χ1v) is 5.83. The van der Waals surface area contributed by atoms with Crippen molar-refractivity contribution in [2.75, 3.05) is 26.2 Å². The van der Waals surface area contributed by atoms with Gasteiger partial charge in [0.15, 0.2) is 0 Å². The SMILES string of the molecule is CC(CN1CC2CNCC2C1C)C(N)=O. The van der Waals surface area contributed by atoms with Gasteiger partial charge < -0.3 is 11.1 Å². The molecule has 4 unspecified atom stereocenters. The molecular formula is C11H21N3O. The van der Waals surface area contributed by atoms with Crippen LogP contribution in [0.4, 0.5) is 0 Å². The number of nitrogens with zero attached hydrogens (tertiary/aromatic N) is 1. The Labute approximate surface area is 91.2 Å². The van der Waals surface area contributed by atoms with Crippen molar-refractivity contribution < 1.29 is 4.79 Å². The van der Waals surface area contributed by atoms with Crippen molar-refractivity contribution in [1.29, 1.82) is 0 Å². The number of carbonyl (C=O) groups is 1. The van der Waals surface area contributed by atoms with E-state index in [1.165, 1.54) is 0 Å². The molecule has 0 radical (unpaired) electrons. The molecule has 2 saturated heterocycles. The monoisotopic (exact) mass is 211 g/mol. The number of hydrogen-bond donors (Lipinski definition) is 2. The van der Waals surface area contributed by atoms with Gasteiger partial charge in [-0.25, -0.2) is 0 Å². The van der Waals surface area contributed by atoms with Crippen molar-refractivity contribution in [1.82, 2.24) is 10.2 Å². The van der Waals surface area contributed by atoms with E-state index in [1.807, 2.05) is 6.92 Å². The first kappa shape index (κ1) is 10.9. The average molecular weight is 211 g/mol. The van der Waals surface area contributed by atoms with Crippen LogP contribution >= 0.6 is 0 Å². The second-order valence-corrected chi connectivity index (χ2v) is 5.08. The molecule has 1 amide bonds. The van der Waals surface area contributed by atoms with Crippen LogP contribution in [0.1, 0.15) is 13.8 Å². The van der Waals surface area contributed by atoms with Crippen LogP contribution in [0.2, 0.25) is 0 Å². The highest BCUT2D eigenvalue weighted by molar-refractivity contribution is 5.76. The zero-order valence-corrected chi connectivity index (χ0v) is 9.57. The summed E-state index contributed by atoms with van der Waals surface area (Å²) in [6.45, 7) is 8.40. The Morgan fingerprint density at radius 2 is 2.33 bits per heavy atom. The average Bonchev–Trinajstić information content (AvgIpc) is 2.71. The topological polar surface area (TPSA) is 58.4 Å². The van der Waals surface area contributed by atoms with E-state index in [0.717, 1.165) is 38.0 Å². The van der Waals surface area contributed by atoms with Crippen LogP contribution in [0.3, 0.4) is 0 Å². The van der Waals surface area contributed by atoms with E-state index in [-0.39, 0.29) is 11.8 Å². The third kappa shape index (κ3) is 2.01. The standard InChI is InChI=1S/C11H21N3O/c1-7(11(12)15)5-14-6-9-3-13-4-10(9)8(14)2/h7-10,13H,3-6H2,1-2H3,(H2,12,15). The Morgan fingerprint density at radius 3 is 2.93 bits per heavy atom. The van der Waals surface area contributed by atoms with Crippen LogP contribution < -0.4 is 11.1 Å². The molecule has 86 valence electrons. The zero-order chi connectivity index (χ0) is 11.0. The maximum atomic E-state index is 11.0. The highest BCUT2D eigenvalue weighted by Gasteiger charge is 2.41. The summed E-state index contributed by atoms with van der Waals surface area (Å²) in [6.07, 6.45) is 0. The summed E-state index contributed by atoms with van der Waals surface area (Å²) in [6, 6.07) is 0.590. The lowest BCUT2D eigenvalue weighted by Crippen LogP contribution is -2.39. The molecule has 2 fully saturated rings. The molecule has 2 heterocycles. The second-order valence-electron chi connectivity index (χ2n) is 5.08. The Kier molecular flexibility index (Phi) is 2.98. The van der Waals surface area contributed by atoms with Crippen LogP contribution in [0.5, 0.6) is 0 Å². The number of nitrogens with two attached hydrogens (primary N) is 1. The van der Waals surface area contributed by atoms with Gasteiger partial charge in [-0.3, -0.25) is 9.69 Å². The summed E-state index contributed by atoms with van der Waals surface area (Å²) in [4.78, 5) is 13.4. The maximum Gasteiger partial charge on any atom is 0.221 e. The summed E-state index contributed by atoms with van der Waals surface area (Å²) < 4.78 is 0. The highest BCUT2D eigenvalue weighted by Crippen LogP contribution is 2.32. The van der Waals surface area contributed by atoms with Gasteiger partial charge in [-0.05, 0) is 31.8 Å². The zero-order valence-electron chi connectivity index (χ0n) is 9.57. The van der Waals surface area contributed by atoms with Gasteiger partial charge in [0.1, 0.15) is 0 Å². The molecule has 2 aliphatic heterocycles. The number of likely N-dealkylation sites (tertiary alicyclic amines) is 1. The van der Waals surface area contributed by atoms with E-state index < -0.39 is 0 Å². The van der Waals surface area contributed by atoms with Crippen LogP contribution in [0.15, 0.2) is 0 Å². The lowest BCUT2D eigenvalue weighted by molar-refractivity contribution is -0.121. The van der Waals surface area contributed by atoms with E-state index >= 15 is 0 Å². The van der Waals surface area contributed by atoms with Gasteiger partial charge in [0.2, 0.25) is 5.91 Å².